The van der Waals surface area contributed by atoms with E-state index >= 15 is 0 Å². The fraction of sp³-hybridized carbons (Fsp3) is 0.667. The maximum absolute atomic E-state index is 11.4. The van der Waals surface area contributed by atoms with E-state index in [2.05, 4.69) is 4.89 Å². The number of amides is 4. The molecule has 0 aromatic carbocycles. The summed E-state index contributed by atoms with van der Waals surface area (Å²) in [6, 6.07) is 0. The van der Waals surface area contributed by atoms with Gasteiger partial charge in [0.1, 0.15) is 0 Å². The Balaban J connectivity index is 0.000000273. The van der Waals surface area contributed by atoms with Crippen LogP contribution in [-0.4, -0.2) is 57.2 Å². The number of hydrogen-bond donors (Lipinski definition) is 1. The van der Waals surface area contributed by atoms with Crippen molar-refractivity contribution in [2.75, 3.05) is 0 Å². The summed E-state index contributed by atoms with van der Waals surface area (Å²) in [7, 11) is 0. The summed E-state index contributed by atoms with van der Waals surface area (Å²) in [6.07, 6.45) is -0.259. The second kappa shape index (κ2) is 9.36. The van der Waals surface area contributed by atoms with Gasteiger partial charge in [-0.2, -0.15) is 15.4 Å². The first-order valence-corrected chi connectivity index (χ1v) is 7.99. The van der Waals surface area contributed by atoms with E-state index in [9.17, 15) is 24.0 Å². The molecule has 0 aromatic heterocycles. The summed E-state index contributed by atoms with van der Waals surface area (Å²) >= 11 is 0. The smallest absolute Gasteiger partial charge is 0.300 e. The van der Waals surface area contributed by atoms with Crippen LogP contribution in [0.15, 0.2) is 0 Å². The van der Waals surface area contributed by atoms with E-state index in [1.807, 2.05) is 0 Å². The van der Waals surface area contributed by atoms with Gasteiger partial charge in [-0.1, -0.05) is 0 Å². The molecular formula is C15H22N2O9. The van der Waals surface area contributed by atoms with Gasteiger partial charge in [0, 0.05) is 12.8 Å². The molecule has 146 valence electrons. The van der Waals surface area contributed by atoms with E-state index in [-0.39, 0.29) is 43.3 Å². The highest BCUT2D eigenvalue weighted by atomic mass is 17.1. The molecule has 4 amide bonds. The average molecular weight is 374 g/mol. The predicted octanol–water partition coefficient (Wildman–Crippen LogP) is 0.193. The third-order valence-corrected chi connectivity index (χ3v) is 3.12. The molecule has 2 aliphatic heterocycles. The van der Waals surface area contributed by atoms with Gasteiger partial charge in [0.25, 0.3) is 23.6 Å². The van der Waals surface area contributed by atoms with Gasteiger partial charge in [-0.25, -0.2) is 4.79 Å². The Kier molecular flexibility index (Phi) is 7.80. The van der Waals surface area contributed by atoms with Crippen molar-refractivity contribution in [2.24, 2.45) is 5.92 Å². The standard InChI is InChI=1S/C8H11NO6.C7H11NO3/c1-4(2)14-9-6(10)3-5(7(9)11)8(12)15-13;1-5(2)11-8-6(9)3-4-7(8)10/h4-5,13H,3H2,1-2H3;5H,3-4H2,1-2H3. The molecule has 0 aromatic rings. The Morgan fingerprint density at radius 3 is 1.81 bits per heavy atom. The van der Waals surface area contributed by atoms with Crippen molar-refractivity contribution < 1.29 is 43.8 Å². The number of imide groups is 2. The van der Waals surface area contributed by atoms with Crippen LogP contribution in [0.3, 0.4) is 0 Å². The van der Waals surface area contributed by atoms with Crippen LogP contribution in [0.25, 0.3) is 0 Å². The lowest BCUT2D eigenvalue weighted by atomic mass is 10.1. The summed E-state index contributed by atoms with van der Waals surface area (Å²) in [6.45, 7) is 6.83. The van der Waals surface area contributed by atoms with Crippen LogP contribution in [0.2, 0.25) is 0 Å². The fourth-order valence-electron chi connectivity index (χ4n) is 2.06. The predicted molar refractivity (Wildman–Crippen MR) is 82.2 cm³/mol. The second-order valence-electron chi connectivity index (χ2n) is 6.08. The van der Waals surface area contributed by atoms with Crippen molar-refractivity contribution in [3.05, 3.63) is 0 Å². The van der Waals surface area contributed by atoms with Crippen molar-refractivity contribution in [3.63, 3.8) is 0 Å². The largest absolute Gasteiger partial charge is 0.355 e. The van der Waals surface area contributed by atoms with Crippen LogP contribution in [0.4, 0.5) is 0 Å². The number of carbonyl (C=O) groups is 5. The minimum Gasteiger partial charge on any atom is -0.300 e. The molecule has 2 aliphatic rings. The maximum Gasteiger partial charge on any atom is 0.355 e. The molecule has 0 aliphatic carbocycles. The number of nitrogens with zero attached hydrogens (tertiary/aromatic N) is 2. The molecule has 1 unspecified atom stereocenters. The molecule has 0 radical (unpaired) electrons. The van der Waals surface area contributed by atoms with Crippen molar-refractivity contribution >= 4 is 29.6 Å². The van der Waals surface area contributed by atoms with Crippen LogP contribution in [-0.2, 0) is 38.5 Å². The van der Waals surface area contributed by atoms with Crippen LogP contribution in [0.5, 0.6) is 0 Å². The maximum atomic E-state index is 11.4. The minimum atomic E-state index is -1.30. The molecule has 26 heavy (non-hydrogen) atoms. The molecule has 0 saturated carbocycles. The molecule has 11 nitrogen and oxygen atoms in total. The van der Waals surface area contributed by atoms with Crippen molar-refractivity contribution in [2.45, 2.75) is 59.2 Å². The van der Waals surface area contributed by atoms with E-state index in [4.69, 9.17) is 14.9 Å². The van der Waals surface area contributed by atoms with Crippen molar-refractivity contribution in [1.82, 2.24) is 10.1 Å². The topological polar surface area (TPSA) is 140 Å². The molecule has 11 heteroatoms. The van der Waals surface area contributed by atoms with E-state index in [1.54, 1.807) is 27.7 Å². The lowest BCUT2D eigenvalue weighted by Crippen LogP contribution is -2.35. The second-order valence-corrected chi connectivity index (χ2v) is 6.08. The zero-order valence-corrected chi connectivity index (χ0v) is 15.0. The molecule has 2 fully saturated rings. The van der Waals surface area contributed by atoms with E-state index in [1.165, 1.54) is 0 Å². The SMILES string of the molecule is CC(C)ON1C(=O)CC(C(=O)OO)C1=O.CC(C)ON1C(=O)CCC1=O. The molecule has 0 bridgehead atoms. The van der Waals surface area contributed by atoms with Gasteiger partial charge < -0.3 is 4.89 Å². The third-order valence-electron chi connectivity index (χ3n) is 3.12. The number of carbonyl (C=O) groups excluding carboxylic acids is 5. The summed E-state index contributed by atoms with van der Waals surface area (Å²) < 4.78 is 0. The Morgan fingerprint density at radius 2 is 1.38 bits per heavy atom. The zero-order chi connectivity index (χ0) is 20.0. The van der Waals surface area contributed by atoms with Gasteiger partial charge >= 0.3 is 5.97 Å². The zero-order valence-electron chi connectivity index (χ0n) is 15.0. The first-order valence-electron chi connectivity index (χ1n) is 7.99. The summed E-state index contributed by atoms with van der Waals surface area (Å²) in [5.41, 5.74) is 0. The monoisotopic (exact) mass is 374 g/mol. The van der Waals surface area contributed by atoms with Crippen LogP contribution >= 0.6 is 0 Å². The molecular weight excluding hydrogens is 352 g/mol. The van der Waals surface area contributed by atoms with Crippen molar-refractivity contribution in [3.8, 4) is 0 Å². The van der Waals surface area contributed by atoms with Crippen LogP contribution < -0.4 is 0 Å². The number of hydrogen-bond acceptors (Lipinski definition) is 9. The fourth-order valence-corrected chi connectivity index (χ4v) is 2.06. The first kappa shape index (κ1) is 21.7. The van der Waals surface area contributed by atoms with Gasteiger partial charge in [-0.15, -0.1) is 0 Å². The normalized spacial score (nSPS) is 20.2. The lowest BCUT2D eigenvalue weighted by molar-refractivity contribution is -0.239. The van der Waals surface area contributed by atoms with Gasteiger partial charge in [0.05, 0.1) is 18.6 Å². The minimum absolute atomic E-state index is 0.124. The number of rotatable bonds is 5. The van der Waals surface area contributed by atoms with Crippen LogP contribution in [0, 0.1) is 5.92 Å². The molecule has 2 heterocycles. The van der Waals surface area contributed by atoms with Gasteiger partial charge in [0.2, 0.25) is 0 Å². The Labute approximate surface area is 149 Å². The Bertz CT molecular complexity index is 572. The number of hydroxylamine groups is 4. The van der Waals surface area contributed by atoms with E-state index in [0.717, 1.165) is 5.06 Å². The van der Waals surface area contributed by atoms with Crippen LogP contribution in [0.1, 0.15) is 47.0 Å². The summed E-state index contributed by atoms with van der Waals surface area (Å²) in [5.74, 6) is -4.35. The summed E-state index contributed by atoms with van der Waals surface area (Å²) in [5, 5.41) is 9.49. The third kappa shape index (κ3) is 5.58. The molecule has 1 atom stereocenters. The quantitative estimate of drug-likeness (QED) is 0.309. The van der Waals surface area contributed by atoms with Gasteiger partial charge in [-0.3, -0.25) is 28.9 Å². The summed E-state index contributed by atoms with van der Waals surface area (Å²) in [4.78, 5) is 68.6. The van der Waals surface area contributed by atoms with E-state index < -0.39 is 23.7 Å². The molecule has 0 spiro atoms. The Hall–Kier alpha value is -2.37. The van der Waals surface area contributed by atoms with Crippen molar-refractivity contribution in [1.29, 1.82) is 0 Å². The molecule has 1 N–H and O–H groups in total. The lowest BCUT2D eigenvalue weighted by Gasteiger charge is -2.16. The highest BCUT2D eigenvalue weighted by Gasteiger charge is 2.45. The Morgan fingerprint density at radius 1 is 0.923 bits per heavy atom. The first-order chi connectivity index (χ1) is 12.1. The highest BCUT2D eigenvalue weighted by molar-refractivity contribution is 6.11. The highest BCUT2D eigenvalue weighted by Crippen LogP contribution is 2.21. The molecule has 2 saturated heterocycles. The average Bonchev–Trinajstić information content (AvgIpc) is 3.01. The van der Waals surface area contributed by atoms with Gasteiger partial charge in [-0.05, 0) is 27.7 Å². The van der Waals surface area contributed by atoms with Gasteiger partial charge in [0.15, 0.2) is 5.92 Å². The van der Waals surface area contributed by atoms with E-state index in [0.29, 0.717) is 5.06 Å². The molecule has 2 rings (SSSR count).